The molecule has 0 bridgehead atoms. The van der Waals surface area contributed by atoms with E-state index in [4.69, 9.17) is 4.98 Å². The van der Waals surface area contributed by atoms with Crippen molar-refractivity contribution < 1.29 is 21.6 Å². The van der Waals surface area contributed by atoms with Crippen molar-refractivity contribution in [3.8, 4) is 28.7 Å². The Morgan fingerprint density at radius 2 is 1.89 bits per heavy atom. The first kappa shape index (κ1) is 23.9. The zero-order valence-corrected chi connectivity index (χ0v) is 19.9. The maximum absolute atomic E-state index is 13.0. The van der Waals surface area contributed by atoms with Crippen molar-refractivity contribution in [3.63, 3.8) is 0 Å². The Balaban J connectivity index is 1.52. The number of fused-ring (bicyclic) bond motifs is 1. The van der Waals surface area contributed by atoms with Crippen molar-refractivity contribution in [1.82, 2.24) is 38.2 Å². The van der Waals surface area contributed by atoms with Crippen LogP contribution in [0.3, 0.4) is 0 Å². The van der Waals surface area contributed by atoms with Gasteiger partial charge in [-0.25, -0.2) is 18.4 Å². The van der Waals surface area contributed by atoms with Gasteiger partial charge in [-0.05, 0) is 13.8 Å². The largest absolute Gasteiger partial charge is 0.511 e. The quantitative estimate of drug-likeness (QED) is 0.383. The molecule has 15 heteroatoms. The van der Waals surface area contributed by atoms with Crippen molar-refractivity contribution in [2.75, 3.05) is 13.1 Å². The first-order chi connectivity index (χ1) is 16.9. The molecule has 0 N–H and O–H groups in total. The minimum absolute atomic E-state index is 0.158. The number of halogens is 3. The maximum atomic E-state index is 13.0. The second-order valence-corrected chi connectivity index (χ2v) is 10.8. The van der Waals surface area contributed by atoms with Crippen LogP contribution in [0.4, 0.5) is 13.2 Å². The summed E-state index contributed by atoms with van der Waals surface area (Å²) in [6.45, 7) is 2.96. The molecule has 0 aliphatic carbocycles. The van der Waals surface area contributed by atoms with Gasteiger partial charge in [0.25, 0.3) is 0 Å². The fraction of sp³-hybridized carbons (Fsp3) is 0.381. The SMILES string of the molecule is CC(C)n1cc(-c2cc3nccn3c(-c3cnn(C4(CC#N)CN(S(=O)(=O)C(F)(F)F)C4)c3)n2)cn1. The van der Waals surface area contributed by atoms with Crippen LogP contribution >= 0.6 is 0 Å². The smallest absolute Gasteiger partial charge is 0.284 e. The third-order valence-electron chi connectivity index (χ3n) is 6.12. The van der Waals surface area contributed by atoms with E-state index in [9.17, 15) is 26.9 Å². The fourth-order valence-corrected chi connectivity index (χ4v) is 5.25. The van der Waals surface area contributed by atoms with E-state index in [1.54, 1.807) is 39.9 Å². The van der Waals surface area contributed by atoms with Gasteiger partial charge >= 0.3 is 15.5 Å². The van der Waals surface area contributed by atoms with Crippen molar-refractivity contribution in [2.45, 2.75) is 37.4 Å². The van der Waals surface area contributed by atoms with Crippen LogP contribution in [0.15, 0.2) is 43.2 Å². The molecule has 1 aliphatic heterocycles. The monoisotopic (exact) mass is 519 g/mol. The molecule has 0 saturated carbocycles. The van der Waals surface area contributed by atoms with E-state index < -0.39 is 34.2 Å². The van der Waals surface area contributed by atoms with Gasteiger partial charge < -0.3 is 0 Å². The number of hydrogen-bond acceptors (Lipinski definition) is 7. The van der Waals surface area contributed by atoms with E-state index in [1.165, 1.54) is 10.9 Å². The molecule has 0 spiro atoms. The minimum atomic E-state index is -5.49. The lowest BCUT2D eigenvalue weighted by Crippen LogP contribution is -2.65. The van der Waals surface area contributed by atoms with E-state index in [1.807, 2.05) is 26.1 Å². The molecule has 36 heavy (non-hydrogen) atoms. The van der Waals surface area contributed by atoms with Crippen molar-refractivity contribution in [3.05, 3.63) is 43.2 Å². The number of alkyl halides is 3. The molecular weight excluding hydrogens is 499 g/mol. The highest BCUT2D eigenvalue weighted by Crippen LogP contribution is 2.39. The zero-order valence-electron chi connectivity index (χ0n) is 19.1. The van der Waals surface area contributed by atoms with E-state index in [2.05, 4.69) is 15.2 Å². The first-order valence-corrected chi connectivity index (χ1v) is 12.3. The lowest BCUT2D eigenvalue weighted by molar-refractivity contribution is -0.0565. The summed E-state index contributed by atoms with van der Waals surface area (Å²) >= 11 is 0. The number of hydrogen-bond donors (Lipinski definition) is 0. The summed E-state index contributed by atoms with van der Waals surface area (Å²) in [6.07, 6.45) is 9.69. The fourth-order valence-electron chi connectivity index (χ4n) is 4.14. The minimum Gasteiger partial charge on any atom is -0.284 e. The molecule has 0 amide bonds. The summed E-state index contributed by atoms with van der Waals surface area (Å²) in [5.41, 5.74) is -4.13. The lowest BCUT2D eigenvalue weighted by atomic mass is 9.89. The van der Waals surface area contributed by atoms with Crippen LogP contribution in [0.1, 0.15) is 26.3 Å². The van der Waals surface area contributed by atoms with Crippen LogP contribution in [-0.2, 0) is 15.6 Å². The van der Waals surface area contributed by atoms with Crippen LogP contribution in [0.2, 0.25) is 0 Å². The molecule has 0 aromatic carbocycles. The summed E-state index contributed by atoms with van der Waals surface area (Å²) in [6, 6.07) is 3.90. The van der Waals surface area contributed by atoms with Gasteiger partial charge in [0.1, 0.15) is 17.0 Å². The molecule has 0 unspecified atom stereocenters. The van der Waals surface area contributed by atoms with Gasteiger partial charge in [0.15, 0.2) is 0 Å². The average Bonchev–Trinajstić information content (AvgIpc) is 3.54. The van der Waals surface area contributed by atoms with Gasteiger partial charge in [-0.1, -0.05) is 0 Å². The summed E-state index contributed by atoms with van der Waals surface area (Å²) < 4.78 is 67.7. The van der Waals surface area contributed by atoms with Crippen LogP contribution in [0, 0.1) is 11.3 Å². The Bertz CT molecular complexity index is 1590. The Kier molecular flexibility index (Phi) is 5.41. The number of nitriles is 1. The third-order valence-corrected chi connectivity index (χ3v) is 7.65. The standard InChI is InChI=1S/C21H20F3N9O2S/c1-14(2)32-10-15(8-27-32)17-7-18-26-5-6-31(18)19(29-17)16-9-28-33(11-16)20(3-4-25)12-30(13-20)36(34,35)21(22,23)24/h5-11,14H,3,12-13H2,1-2H3. The molecule has 188 valence electrons. The van der Waals surface area contributed by atoms with E-state index in [-0.39, 0.29) is 12.5 Å². The maximum Gasteiger partial charge on any atom is 0.511 e. The van der Waals surface area contributed by atoms with Gasteiger partial charge in [-0.2, -0.15) is 32.9 Å². The van der Waals surface area contributed by atoms with E-state index >= 15 is 0 Å². The van der Waals surface area contributed by atoms with Crippen molar-refractivity contribution in [1.29, 1.82) is 5.26 Å². The summed E-state index contributed by atoms with van der Waals surface area (Å²) in [5.74, 6) is 0.467. The first-order valence-electron chi connectivity index (χ1n) is 10.8. The highest BCUT2D eigenvalue weighted by molar-refractivity contribution is 7.90. The van der Waals surface area contributed by atoms with Crippen molar-refractivity contribution in [2.24, 2.45) is 0 Å². The molecular formula is C21H20F3N9O2S. The number of sulfonamides is 1. The molecule has 1 aliphatic rings. The van der Waals surface area contributed by atoms with Gasteiger partial charge in [0.05, 0.1) is 36.1 Å². The van der Waals surface area contributed by atoms with E-state index in [0.717, 1.165) is 5.56 Å². The van der Waals surface area contributed by atoms with Crippen LogP contribution < -0.4 is 0 Å². The topological polar surface area (TPSA) is 127 Å². The normalized spacial score (nSPS) is 16.4. The highest BCUT2D eigenvalue weighted by atomic mass is 32.2. The molecule has 4 aromatic heterocycles. The summed E-state index contributed by atoms with van der Waals surface area (Å²) in [5, 5.41) is 17.9. The Hall–Kier alpha value is -3.77. The van der Waals surface area contributed by atoms with Gasteiger partial charge in [-0.15, -0.1) is 0 Å². The summed E-state index contributed by atoms with van der Waals surface area (Å²) in [4.78, 5) is 9.11. The van der Waals surface area contributed by atoms with Gasteiger partial charge in [0.2, 0.25) is 0 Å². The number of rotatable bonds is 6. The third kappa shape index (κ3) is 3.73. The Morgan fingerprint density at radius 1 is 1.17 bits per heavy atom. The predicted octanol–water partition coefficient (Wildman–Crippen LogP) is 2.81. The van der Waals surface area contributed by atoms with Crippen LogP contribution in [-0.4, -0.2) is 65.3 Å². The molecule has 5 rings (SSSR count). The van der Waals surface area contributed by atoms with Gasteiger partial charge in [0, 0.05) is 55.5 Å². The van der Waals surface area contributed by atoms with Crippen molar-refractivity contribution >= 4 is 15.7 Å². The molecule has 1 saturated heterocycles. The molecule has 5 heterocycles. The molecule has 11 nitrogen and oxygen atoms in total. The average molecular weight is 520 g/mol. The second-order valence-electron chi connectivity index (χ2n) is 8.87. The Morgan fingerprint density at radius 3 is 2.53 bits per heavy atom. The zero-order chi connectivity index (χ0) is 25.9. The number of aromatic nitrogens is 7. The van der Waals surface area contributed by atoms with Gasteiger partial charge in [-0.3, -0.25) is 13.8 Å². The lowest BCUT2D eigenvalue weighted by Gasteiger charge is -2.47. The molecule has 0 atom stereocenters. The molecule has 1 fully saturated rings. The number of nitrogens with zero attached hydrogens (tertiary/aromatic N) is 9. The summed E-state index contributed by atoms with van der Waals surface area (Å²) in [7, 11) is -5.49. The Labute approximate surface area is 203 Å². The number of imidazole rings is 1. The van der Waals surface area contributed by atoms with Crippen LogP contribution in [0.5, 0.6) is 0 Å². The van der Waals surface area contributed by atoms with E-state index in [0.29, 0.717) is 27.0 Å². The highest BCUT2D eigenvalue weighted by Gasteiger charge is 2.59. The van der Waals surface area contributed by atoms with Crippen LogP contribution in [0.25, 0.3) is 28.3 Å². The predicted molar refractivity (Wildman–Crippen MR) is 121 cm³/mol. The molecule has 0 radical (unpaired) electrons. The second kappa shape index (κ2) is 8.14. The molecule has 4 aromatic rings.